The van der Waals surface area contributed by atoms with Gasteiger partial charge in [0.15, 0.2) is 5.76 Å². The maximum Gasteiger partial charge on any atom is 0.251 e. The number of nitrogens with one attached hydrogen (secondary N) is 2. The molecule has 0 aromatic carbocycles. The number of carbonyl (C=O) groups excluding carboxylic acids is 1. The van der Waals surface area contributed by atoms with E-state index in [1.54, 1.807) is 31.4 Å². The van der Waals surface area contributed by atoms with Crippen LogP contribution in [0.1, 0.15) is 21.8 Å². The molecule has 18 heavy (non-hydrogen) atoms. The molecule has 2 aromatic heterocycles. The number of aryl methyl sites for hydroxylation is 1. The van der Waals surface area contributed by atoms with Gasteiger partial charge >= 0.3 is 0 Å². The summed E-state index contributed by atoms with van der Waals surface area (Å²) < 4.78 is 5.01. The molecule has 2 rings (SSSR count). The second-order valence-corrected chi connectivity index (χ2v) is 3.80. The second kappa shape index (κ2) is 5.31. The van der Waals surface area contributed by atoms with Crippen LogP contribution in [0.4, 0.5) is 5.82 Å². The Balaban J connectivity index is 1.99. The highest BCUT2D eigenvalue weighted by Crippen LogP contribution is 2.07. The van der Waals surface area contributed by atoms with E-state index in [4.69, 9.17) is 4.52 Å². The zero-order valence-corrected chi connectivity index (χ0v) is 10.2. The Bertz CT molecular complexity index is 551. The summed E-state index contributed by atoms with van der Waals surface area (Å²) in [6, 6.07) is 5.12. The Labute approximate surface area is 104 Å². The number of anilines is 1. The summed E-state index contributed by atoms with van der Waals surface area (Å²) in [5.74, 6) is 1.10. The van der Waals surface area contributed by atoms with E-state index in [9.17, 15) is 4.79 Å². The van der Waals surface area contributed by atoms with Crippen LogP contribution in [-0.4, -0.2) is 23.1 Å². The maximum absolute atomic E-state index is 11.9. The van der Waals surface area contributed by atoms with E-state index in [1.165, 1.54) is 0 Å². The molecule has 0 saturated heterocycles. The van der Waals surface area contributed by atoms with E-state index in [-0.39, 0.29) is 5.91 Å². The van der Waals surface area contributed by atoms with Crippen molar-refractivity contribution in [1.29, 1.82) is 0 Å². The van der Waals surface area contributed by atoms with Crippen LogP contribution in [0, 0.1) is 6.92 Å². The lowest BCUT2D eigenvalue weighted by Crippen LogP contribution is -2.22. The Kier molecular flexibility index (Phi) is 3.57. The van der Waals surface area contributed by atoms with Crippen LogP contribution in [0.3, 0.4) is 0 Å². The van der Waals surface area contributed by atoms with Crippen molar-refractivity contribution in [3.8, 4) is 0 Å². The predicted octanol–water partition coefficient (Wildman–Crippen LogP) is 1.35. The molecule has 0 aliphatic heterocycles. The standard InChI is InChI=1S/C12H14N4O2/c1-8-5-10(18-16-8)7-15-12(17)9-3-4-14-11(6-9)13-2/h3-6H,7H2,1-2H3,(H,13,14)(H,15,17). The third kappa shape index (κ3) is 2.85. The van der Waals surface area contributed by atoms with Crippen molar-refractivity contribution in [3.05, 3.63) is 41.4 Å². The van der Waals surface area contributed by atoms with E-state index >= 15 is 0 Å². The molecule has 0 aliphatic carbocycles. The number of nitrogens with zero attached hydrogens (tertiary/aromatic N) is 2. The molecule has 0 atom stereocenters. The van der Waals surface area contributed by atoms with Crippen molar-refractivity contribution in [2.24, 2.45) is 0 Å². The Hall–Kier alpha value is -2.37. The average molecular weight is 246 g/mol. The minimum atomic E-state index is -0.178. The molecule has 6 heteroatoms. The van der Waals surface area contributed by atoms with Crippen LogP contribution in [0.15, 0.2) is 28.9 Å². The minimum absolute atomic E-state index is 0.178. The molecule has 94 valence electrons. The lowest BCUT2D eigenvalue weighted by molar-refractivity contribution is 0.0947. The van der Waals surface area contributed by atoms with Gasteiger partial charge in [0.1, 0.15) is 5.82 Å². The molecule has 2 aromatic rings. The number of carbonyl (C=O) groups is 1. The molecular weight excluding hydrogens is 232 g/mol. The summed E-state index contributed by atoms with van der Waals surface area (Å²) in [6.07, 6.45) is 1.58. The summed E-state index contributed by atoms with van der Waals surface area (Å²) in [4.78, 5) is 15.9. The first-order valence-corrected chi connectivity index (χ1v) is 5.53. The Morgan fingerprint density at radius 3 is 2.94 bits per heavy atom. The number of rotatable bonds is 4. The van der Waals surface area contributed by atoms with Gasteiger partial charge in [0, 0.05) is 24.9 Å². The van der Waals surface area contributed by atoms with Crippen LogP contribution < -0.4 is 10.6 Å². The predicted molar refractivity (Wildman–Crippen MR) is 66.2 cm³/mol. The second-order valence-electron chi connectivity index (χ2n) is 3.80. The fourth-order valence-electron chi connectivity index (χ4n) is 1.48. The molecule has 0 aliphatic rings. The number of hydrogen-bond donors (Lipinski definition) is 2. The van der Waals surface area contributed by atoms with Crippen molar-refractivity contribution in [3.63, 3.8) is 0 Å². The monoisotopic (exact) mass is 246 g/mol. The van der Waals surface area contributed by atoms with Crippen LogP contribution in [0.2, 0.25) is 0 Å². The highest BCUT2D eigenvalue weighted by atomic mass is 16.5. The number of hydrogen-bond acceptors (Lipinski definition) is 5. The van der Waals surface area contributed by atoms with E-state index in [1.807, 2.05) is 6.92 Å². The van der Waals surface area contributed by atoms with Crippen LogP contribution in [-0.2, 0) is 6.54 Å². The molecule has 1 amide bonds. The van der Waals surface area contributed by atoms with Crippen molar-refractivity contribution in [2.45, 2.75) is 13.5 Å². The van der Waals surface area contributed by atoms with E-state index in [2.05, 4.69) is 20.8 Å². The van der Waals surface area contributed by atoms with Crippen LogP contribution in [0.25, 0.3) is 0 Å². The molecule has 0 saturated carbocycles. The SMILES string of the molecule is CNc1cc(C(=O)NCc2cc(C)no2)ccn1. The number of amides is 1. The Morgan fingerprint density at radius 1 is 1.44 bits per heavy atom. The van der Waals surface area contributed by atoms with Gasteiger partial charge in [-0.2, -0.15) is 0 Å². The quantitative estimate of drug-likeness (QED) is 0.851. The largest absolute Gasteiger partial charge is 0.373 e. The lowest BCUT2D eigenvalue weighted by atomic mass is 10.2. The topological polar surface area (TPSA) is 80.0 Å². The van der Waals surface area contributed by atoms with Crippen molar-refractivity contribution >= 4 is 11.7 Å². The number of aromatic nitrogens is 2. The summed E-state index contributed by atoms with van der Waals surface area (Å²) in [5, 5.41) is 9.38. The van der Waals surface area contributed by atoms with Gasteiger partial charge in [0.25, 0.3) is 5.91 Å². The normalized spacial score (nSPS) is 10.1. The third-order valence-corrected chi connectivity index (χ3v) is 2.38. The van der Waals surface area contributed by atoms with Crippen LogP contribution >= 0.6 is 0 Å². The fourth-order valence-corrected chi connectivity index (χ4v) is 1.48. The van der Waals surface area contributed by atoms with Gasteiger partial charge in [-0.15, -0.1) is 0 Å². The highest BCUT2D eigenvalue weighted by Gasteiger charge is 2.08. The van der Waals surface area contributed by atoms with Gasteiger partial charge < -0.3 is 15.2 Å². The molecular formula is C12H14N4O2. The molecule has 0 radical (unpaired) electrons. The maximum atomic E-state index is 11.9. The molecule has 0 fully saturated rings. The molecule has 0 spiro atoms. The van der Waals surface area contributed by atoms with Crippen molar-refractivity contribution in [2.75, 3.05) is 12.4 Å². The summed E-state index contributed by atoms with van der Waals surface area (Å²) in [5.41, 5.74) is 1.34. The molecule has 2 N–H and O–H groups in total. The van der Waals surface area contributed by atoms with Gasteiger partial charge in [0.05, 0.1) is 12.2 Å². The minimum Gasteiger partial charge on any atom is -0.373 e. The zero-order chi connectivity index (χ0) is 13.0. The van der Waals surface area contributed by atoms with Crippen molar-refractivity contribution in [1.82, 2.24) is 15.5 Å². The first-order chi connectivity index (χ1) is 8.69. The first kappa shape index (κ1) is 12.1. The summed E-state index contributed by atoms with van der Waals surface area (Å²) in [6.45, 7) is 2.15. The van der Waals surface area contributed by atoms with Gasteiger partial charge in [-0.1, -0.05) is 5.16 Å². The van der Waals surface area contributed by atoms with E-state index in [0.29, 0.717) is 23.7 Å². The van der Waals surface area contributed by atoms with Gasteiger partial charge in [0.2, 0.25) is 0 Å². The van der Waals surface area contributed by atoms with E-state index < -0.39 is 0 Å². The zero-order valence-electron chi connectivity index (χ0n) is 10.2. The summed E-state index contributed by atoms with van der Waals surface area (Å²) in [7, 11) is 1.75. The highest BCUT2D eigenvalue weighted by molar-refractivity contribution is 5.94. The average Bonchev–Trinajstić information content (AvgIpc) is 2.82. The van der Waals surface area contributed by atoms with Gasteiger partial charge in [-0.25, -0.2) is 4.98 Å². The molecule has 2 heterocycles. The number of pyridine rings is 1. The Morgan fingerprint density at radius 2 is 2.28 bits per heavy atom. The third-order valence-electron chi connectivity index (χ3n) is 2.38. The van der Waals surface area contributed by atoms with Gasteiger partial charge in [-0.05, 0) is 19.1 Å². The summed E-state index contributed by atoms with van der Waals surface area (Å²) >= 11 is 0. The first-order valence-electron chi connectivity index (χ1n) is 5.53. The molecule has 0 bridgehead atoms. The van der Waals surface area contributed by atoms with Crippen molar-refractivity contribution < 1.29 is 9.32 Å². The fraction of sp³-hybridized carbons (Fsp3) is 0.250. The van der Waals surface area contributed by atoms with E-state index in [0.717, 1.165) is 5.69 Å². The lowest BCUT2D eigenvalue weighted by Gasteiger charge is -2.04. The van der Waals surface area contributed by atoms with Gasteiger partial charge in [-0.3, -0.25) is 4.79 Å². The molecule has 6 nitrogen and oxygen atoms in total. The molecule has 0 unspecified atom stereocenters. The van der Waals surface area contributed by atoms with Crippen LogP contribution in [0.5, 0.6) is 0 Å². The smallest absolute Gasteiger partial charge is 0.251 e.